The van der Waals surface area contributed by atoms with Gasteiger partial charge in [-0.3, -0.25) is 0 Å². The van der Waals surface area contributed by atoms with Crippen LogP contribution in [0.5, 0.6) is 11.5 Å². The highest BCUT2D eigenvalue weighted by atomic mass is 16.5. The zero-order valence-electron chi connectivity index (χ0n) is 19.3. The largest absolute Gasteiger partial charge is 0.453 e. The van der Waals surface area contributed by atoms with E-state index in [1.54, 1.807) is 0 Å². The number of rotatable bonds is 2. The minimum Gasteiger partial charge on any atom is -0.453 e. The Bertz CT molecular complexity index is 1780. The van der Waals surface area contributed by atoms with Gasteiger partial charge in [0, 0.05) is 5.69 Å². The smallest absolute Gasteiger partial charge is 0.151 e. The van der Waals surface area contributed by atoms with E-state index in [0.29, 0.717) is 5.56 Å². The molecule has 168 valence electrons. The average Bonchev–Trinajstić information content (AvgIpc) is 2.95. The van der Waals surface area contributed by atoms with Crippen LogP contribution in [0.2, 0.25) is 0 Å². The standard InChI is InChI=1S/C33H20N2O/c34-21-22-9-11-23(12-10-22)24-15-17-28-25(19-24)13-14-26-20-27(16-18-29(26)28)35-30-5-1-3-7-32(30)36-33-8-4-2-6-31(33)35/h1-20H. The predicted molar refractivity (Wildman–Crippen MR) is 146 cm³/mol. The summed E-state index contributed by atoms with van der Waals surface area (Å²) in [4.78, 5) is 2.27. The van der Waals surface area contributed by atoms with Crippen molar-refractivity contribution in [3.63, 3.8) is 0 Å². The SMILES string of the molecule is N#Cc1ccc(-c2ccc3c(ccc4cc(N5c6ccccc6Oc6ccccc65)ccc43)c2)cc1. The third-order valence-electron chi connectivity index (χ3n) is 6.86. The van der Waals surface area contributed by atoms with E-state index in [-0.39, 0.29) is 0 Å². The van der Waals surface area contributed by atoms with E-state index >= 15 is 0 Å². The second-order valence-electron chi connectivity index (χ2n) is 8.97. The number of fused-ring (bicyclic) bond motifs is 5. The molecular weight excluding hydrogens is 440 g/mol. The molecule has 0 saturated carbocycles. The Morgan fingerprint density at radius 3 is 1.81 bits per heavy atom. The lowest BCUT2D eigenvalue weighted by Gasteiger charge is -2.32. The number of hydrogen-bond donors (Lipinski definition) is 0. The second-order valence-corrected chi connectivity index (χ2v) is 8.97. The van der Waals surface area contributed by atoms with Gasteiger partial charge in [-0.2, -0.15) is 5.26 Å². The highest BCUT2D eigenvalue weighted by Crippen LogP contribution is 2.50. The molecule has 0 radical (unpaired) electrons. The fourth-order valence-corrected chi connectivity index (χ4v) is 5.10. The molecule has 3 nitrogen and oxygen atoms in total. The van der Waals surface area contributed by atoms with E-state index in [1.165, 1.54) is 21.5 Å². The molecule has 0 fully saturated rings. The molecular formula is C33H20N2O. The van der Waals surface area contributed by atoms with Gasteiger partial charge in [-0.15, -0.1) is 0 Å². The van der Waals surface area contributed by atoms with Gasteiger partial charge >= 0.3 is 0 Å². The lowest BCUT2D eigenvalue weighted by molar-refractivity contribution is 0.477. The van der Waals surface area contributed by atoms with Crippen LogP contribution in [0.4, 0.5) is 17.1 Å². The molecule has 0 atom stereocenters. The first kappa shape index (κ1) is 20.3. The van der Waals surface area contributed by atoms with Crippen LogP contribution in [0.1, 0.15) is 5.56 Å². The number of ether oxygens (including phenoxy) is 1. The molecule has 0 aliphatic carbocycles. The fraction of sp³-hybridized carbons (Fsp3) is 0. The monoisotopic (exact) mass is 460 g/mol. The zero-order valence-corrected chi connectivity index (χ0v) is 19.3. The Hall–Kier alpha value is -5.07. The van der Waals surface area contributed by atoms with Crippen molar-refractivity contribution in [3.05, 3.63) is 127 Å². The molecule has 0 aromatic heterocycles. The van der Waals surface area contributed by atoms with E-state index in [4.69, 9.17) is 10.00 Å². The molecule has 0 N–H and O–H groups in total. The number of nitriles is 1. The normalized spacial score (nSPS) is 12.0. The van der Waals surface area contributed by atoms with Crippen LogP contribution in [0.3, 0.4) is 0 Å². The average molecular weight is 461 g/mol. The third kappa shape index (κ3) is 3.20. The zero-order chi connectivity index (χ0) is 24.1. The van der Waals surface area contributed by atoms with E-state index in [2.05, 4.69) is 71.6 Å². The highest BCUT2D eigenvalue weighted by molar-refractivity contribution is 6.09. The molecule has 7 rings (SSSR count). The van der Waals surface area contributed by atoms with Crippen molar-refractivity contribution in [1.82, 2.24) is 0 Å². The van der Waals surface area contributed by atoms with Crippen molar-refractivity contribution in [3.8, 4) is 28.7 Å². The minimum atomic E-state index is 0.673. The van der Waals surface area contributed by atoms with Gasteiger partial charge < -0.3 is 9.64 Å². The van der Waals surface area contributed by atoms with Crippen molar-refractivity contribution in [1.29, 1.82) is 5.26 Å². The molecule has 3 heteroatoms. The molecule has 0 saturated heterocycles. The van der Waals surface area contributed by atoms with Crippen molar-refractivity contribution in [2.75, 3.05) is 4.90 Å². The van der Waals surface area contributed by atoms with Gasteiger partial charge in [0.1, 0.15) is 0 Å². The number of para-hydroxylation sites is 4. The van der Waals surface area contributed by atoms with Crippen LogP contribution in [-0.2, 0) is 0 Å². The van der Waals surface area contributed by atoms with Gasteiger partial charge in [0.25, 0.3) is 0 Å². The van der Waals surface area contributed by atoms with Gasteiger partial charge in [-0.25, -0.2) is 0 Å². The summed E-state index contributed by atoms with van der Waals surface area (Å²) in [7, 11) is 0. The Morgan fingerprint density at radius 2 is 1.14 bits per heavy atom. The maximum absolute atomic E-state index is 9.08. The summed E-state index contributed by atoms with van der Waals surface area (Å²) >= 11 is 0. The van der Waals surface area contributed by atoms with E-state index in [9.17, 15) is 0 Å². The fourth-order valence-electron chi connectivity index (χ4n) is 5.10. The van der Waals surface area contributed by atoms with Crippen LogP contribution in [0.15, 0.2) is 121 Å². The Kier molecular flexibility index (Phi) is 4.52. The topological polar surface area (TPSA) is 36.3 Å². The van der Waals surface area contributed by atoms with Gasteiger partial charge in [0.15, 0.2) is 11.5 Å². The Morgan fingerprint density at radius 1 is 0.556 bits per heavy atom. The molecule has 36 heavy (non-hydrogen) atoms. The molecule has 0 unspecified atom stereocenters. The molecule has 6 aromatic rings. The van der Waals surface area contributed by atoms with Gasteiger partial charge in [-0.1, -0.05) is 66.7 Å². The van der Waals surface area contributed by atoms with Crippen molar-refractivity contribution in [2.24, 2.45) is 0 Å². The van der Waals surface area contributed by atoms with Gasteiger partial charge in [0.05, 0.1) is 23.0 Å². The summed E-state index contributed by atoms with van der Waals surface area (Å²) in [6, 6.07) is 43.9. The molecule has 0 amide bonds. The maximum atomic E-state index is 9.08. The lowest BCUT2D eigenvalue weighted by atomic mass is 9.96. The third-order valence-corrected chi connectivity index (χ3v) is 6.86. The van der Waals surface area contributed by atoms with E-state index in [0.717, 1.165) is 39.7 Å². The summed E-state index contributed by atoms with van der Waals surface area (Å²) in [5.41, 5.74) is 6.08. The van der Waals surface area contributed by atoms with Crippen molar-refractivity contribution >= 4 is 38.6 Å². The van der Waals surface area contributed by atoms with Gasteiger partial charge in [-0.05, 0) is 87.3 Å². The molecule has 1 aliphatic rings. The second kappa shape index (κ2) is 8.01. The molecule has 1 heterocycles. The molecule has 0 bridgehead atoms. The predicted octanol–water partition coefficient (Wildman–Crippen LogP) is 9.11. The Balaban J connectivity index is 1.34. The van der Waals surface area contributed by atoms with Crippen molar-refractivity contribution in [2.45, 2.75) is 0 Å². The summed E-state index contributed by atoms with van der Waals surface area (Å²) in [6.07, 6.45) is 0. The minimum absolute atomic E-state index is 0.673. The van der Waals surface area contributed by atoms with Gasteiger partial charge in [0.2, 0.25) is 0 Å². The first-order valence-corrected chi connectivity index (χ1v) is 11.9. The molecule has 0 spiro atoms. The van der Waals surface area contributed by atoms with Crippen LogP contribution < -0.4 is 9.64 Å². The summed E-state index contributed by atoms with van der Waals surface area (Å²) in [5.74, 6) is 1.70. The Labute approximate surface area is 209 Å². The van der Waals surface area contributed by atoms with Crippen molar-refractivity contribution < 1.29 is 4.74 Å². The van der Waals surface area contributed by atoms with E-state index in [1.807, 2.05) is 60.7 Å². The lowest BCUT2D eigenvalue weighted by Crippen LogP contribution is -2.15. The number of anilines is 3. The summed E-state index contributed by atoms with van der Waals surface area (Å²) in [5, 5.41) is 13.9. The highest BCUT2D eigenvalue weighted by Gasteiger charge is 2.25. The first-order valence-electron chi connectivity index (χ1n) is 11.9. The van der Waals surface area contributed by atoms with Crippen LogP contribution in [0, 0.1) is 11.3 Å². The summed E-state index contributed by atoms with van der Waals surface area (Å²) in [6.45, 7) is 0. The first-order chi connectivity index (χ1) is 17.8. The molecule has 1 aliphatic heterocycles. The number of hydrogen-bond acceptors (Lipinski definition) is 3. The van der Waals surface area contributed by atoms with E-state index < -0.39 is 0 Å². The summed E-state index contributed by atoms with van der Waals surface area (Å²) < 4.78 is 6.18. The van der Waals surface area contributed by atoms with Crippen LogP contribution in [-0.4, -0.2) is 0 Å². The number of nitrogens with zero attached hydrogens (tertiary/aromatic N) is 2. The molecule has 6 aromatic carbocycles. The quantitative estimate of drug-likeness (QED) is 0.241. The number of benzene rings is 6. The van der Waals surface area contributed by atoms with Crippen LogP contribution in [0.25, 0.3) is 32.7 Å². The van der Waals surface area contributed by atoms with Crippen LogP contribution >= 0.6 is 0 Å². The maximum Gasteiger partial charge on any atom is 0.151 e.